The lowest BCUT2D eigenvalue weighted by Gasteiger charge is -2.26. The number of nitrogens with zero attached hydrogens (tertiary/aromatic N) is 2. The van der Waals surface area contributed by atoms with Crippen LogP contribution in [0.25, 0.3) is 0 Å². The quantitative estimate of drug-likeness (QED) is 0.783. The van der Waals surface area contributed by atoms with E-state index in [0.717, 1.165) is 11.3 Å². The van der Waals surface area contributed by atoms with Crippen molar-refractivity contribution in [3.8, 4) is 6.07 Å². The number of rotatable bonds is 4. The number of carbonyl (C=O) groups is 2. The van der Waals surface area contributed by atoms with Gasteiger partial charge in [0.25, 0.3) is 0 Å². The lowest BCUT2D eigenvalue weighted by molar-refractivity contribution is -0.144. The zero-order valence-electron chi connectivity index (χ0n) is 11.5. The molecule has 1 atom stereocenters. The molecule has 0 radical (unpaired) electrons. The van der Waals surface area contributed by atoms with Gasteiger partial charge in [0.1, 0.15) is 12.0 Å². The molecule has 1 aliphatic rings. The van der Waals surface area contributed by atoms with Gasteiger partial charge in [-0.15, -0.1) is 0 Å². The molecule has 5 nitrogen and oxygen atoms in total. The van der Waals surface area contributed by atoms with Crippen LogP contribution in [-0.4, -0.2) is 25.5 Å². The Morgan fingerprint density at radius 3 is 2.80 bits per heavy atom. The largest absolute Gasteiger partial charge is 0.464 e. The topological polar surface area (TPSA) is 70.4 Å². The second kappa shape index (κ2) is 5.33. The summed E-state index contributed by atoms with van der Waals surface area (Å²) in [5.74, 6) is -0.559. The van der Waals surface area contributed by atoms with Crippen molar-refractivity contribution in [1.29, 1.82) is 5.26 Å². The van der Waals surface area contributed by atoms with Crippen LogP contribution in [-0.2, 0) is 19.7 Å². The number of carbonyl (C=O) groups excluding carboxylic acids is 2. The molecule has 0 bridgehead atoms. The smallest absolute Gasteiger partial charge is 0.302 e. The predicted molar refractivity (Wildman–Crippen MR) is 73.0 cm³/mol. The van der Waals surface area contributed by atoms with Crippen molar-refractivity contribution in [2.24, 2.45) is 0 Å². The minimum Gasteiger partial charge on any atom is -0.464 e. The van der Waals surface area contributed by atoms with Crippen LogP contribution in [0, 0.1) is 11.3 Å². The van der Waals surface area contributed by atoms with Crippen LogP contribution < -0.4 is 4.90 Å². The summed E-state index contributed by atoms with van der Waals surface area (Å²) in [6.07, 6.45) is 0.576. The first-order valence-electron chi connectivity index (χ1n) is 6.41. The average Bonchev–Trinajstić information content (AvgIpc) is 2.66. The Bertz CT molecular complexity index is 591. The van der Waals surface area contributed by atoms with Gasteiger partial charge in [-0.3, -0.25) is 9.59 Å². The maximum Gasteiger partial charge on any atom is 0.302 e. The van der Waals surface area contributed by atoms with Gasteiger partial charge in [-0.2, -0.15) is 5.26 Å². The number of likely N-dealkylation sites (N-methyl/N-ethyl adjacent to an activating group) is 1. The first-order chi connectivity index (χ1) is 9.53. The zero-order chi connectivity index (χ0) is 14.8. The third kappa shape index (κ3) is 2.14. The molecular weight excluding hydrogens is 256 g/mol. The molecule has 0 N–H and O–H groups in total. The van der Waals surface area contributed by atoms with E-state index in [4.69, 9.17) is 10.00 Å². The molecule has 0 saturated heterocycles. The number of ether oxygens (including phenoxy) is 1. The van der Waals surface area contributed by atoms with Crippen molar-refractivity contribution in [3.63, 3.8) is 0 Å². The molecule has 0 spiro atoms. The lowest BCUT2D eigenvalue weighted by atomic mass is 9.78. The Kier molecular flexibility index (Phi) is 3.75. The van der Waals surface area contributed by atoms with Crippen LogP contribution in [0.1, 0.15) is 25.3 Å². The van der Waals surface area contributed by atoms with Crippen LogP contribution in [0.5, 0.6) is 0 Å². The minimum absolute atomic E-state index is 0.0236. The van der Waals surface area contributed by atoms with E-state index in [1.807, 2.05) is 24.3 Å². The molecule has 0 fully saturated rings. The molecule has 20 heavy (non-hydrogen) atoms. The molecule has 0 aromatic heterocycles. The van der Waals surface area contributed by atoms with E-state index in [0.29, 0.717) is 6.42 Å². The van der Waals surface area contributed by atoms with E-state index in [2.05, 4.69) is 6.07 Å². The Balaban J connectivity index is 2.47. The summed E-state index contributed by atoms with van der Waals surface area (Å²) < 4.78 is 5.11. The lowest BCUT2D eigenvalue weighted by Crippen LogP contribution is -2.42. The summed E-state index contributed by atoms with van der Waals surface area (Å²) in [6.45, 7) is 1.29. The monoisotopic (exact) mass is 272 g/mol. The second-order valence-electron chi connectivity index (χ2n) is 4.90. The van der Waals surface area contributed by atoms with Crippen LogP contribution in [0.4, 0.5) is 5.69 Å². The molecule has 1 aromatic rings. The molecule has 5 heteroatoms. The summed E-state index contributed by atoms with van der Waals surface area (Å²) in [5, 5.41) is 8.84. The van der Waals surface area contributed by atoms with E-state index in [9.17, 15) is 9.59 Å². The van der Waals surface area contributed by atoms with Crippen molar-refractivity contribution in [2.75, 3.05) is 18.6 Å². The first kappa shape index (κ1) is 14.1. The Labute approximate surface area is 117 Å². The molecular formula is C15H16N2O3. The van der Waals surface area contributed by atoms with Gasteiger partial charge in [0.05, 0.1) is 6.07 Å². The first-order valence-corrected chi connectivity index (χ1v) is 6.41. The third-order valence-electron chi connectivity index (χ3n) is 3.68. The SMILES string of the molecule is CC(=O)OCC1(CCC#N)C(=O)N(C)c2ccccc21. The van der Waals surface area contributed by atoms with Gasteiger partial charge in [0.2, 0.25) is 5.91 Å². The van der Waals surface area contributed by atoms with Gasteiger partial charge < -0.3 is 9.64 Å². The molecule has 1 amide bonds. The van der Waals surface area contributed by atoms with Gasteiger partial charge in [0, 0.05) is 26.1 Å². The highest BCUT2D eigenvalue weighted by Gasteiger charge is 2.50. The molecule has 0 saturated carbocycles. The Hall–Kier alpha value is -2.35. The highest BCUT2D eigenvalue weighted by molar-refractivity contribution is 6.08. The van der Waals surface area contributed by atoms with Crippen molar-refractivity contribution in [3.05, 3.63) is 29.8 Å². The number of para-hydroxylation sites is 1. The van der Waals surface area contributed by atoms with Gasteiger partial charge in [-0.05, 0) is 18.1 Å². The molecule has 0 aliphatic carbocycles. The van der Waals surface area contributed by atoms with Gasteiger partial charge in [-0.25, -0.2) is 0 Å². The highest BCUT2D eigenvalue weighted by Crippen LogP contribution is 2.44. The highest BCUT2D eigenvalue weighted by atomic mass is 16.5. The zero-order valence-corrected chi connectivity index (χ0v) is 11.5. The summed E-state index contributed by atoms with van der Waals surface area (Å²) in [4.78, 5) is 25.3. The van der Waals surface area contributed by atoms with Crippen molar-refractivity contribution >= 4 is 17.6 Å². The normalized spacial score (nSPS) is 20.4. The predicted octanol–water partition coefficient (Wildman–Crippen LogP) is 1.77. The number of hydrogen-bond donors (Lipinski definition) is 0. The van der Waals surface area contributed by atoms with Crippen LogP contribution in [0.2, 0.25) is 0 Å². The Morgan fingerprint density at radius 1 is 1.45 bits per heavy atom. The average molecular weight is 272 g/mol. The minimum atomic E-state index is -0.938. The van der Waals surface area contributed by atoms with Crippen LogP contribution >= 0.6 is 0 Å². The van der Waals surface area contributed by atoms with Crippen LogP contribution in [0.3, 0.4) is 0 Å². The molecule has 1 aliphatic heterocycles. The van der Waals surface area contributed by atoms with E-state index in [-0.39, 0.29) is 18.9 Å². The van der Waals surface area contributed by atoms with Crippen LogP contribution in [0.15, 0.2) is 24.3 Å². The molecule has 1 unspecified atom stereocenters. The third-order valence-corrected chi connectivity index (χ3v) is 3.68. The summed E-state index contributed by atoms with van der Waals surface area (Å²) in [5.41, 5.74) is 0.693. The van der Waals surface area contributed by atoms with E-state index in [1.54, 1.807) is 11.9 Å². The fourth-order valence-electron chi connectivity index (χ4n) is 2.66. The summed E-state index contributed by atoms with van der Waals surface area (Å²) in [6, 6.07) is 9.48. The standard InChI is InChI=1S/C15H16N2O3/c1-11(18)20-10-15(8-5-9-16)12-6-3-4-7-13(12)17(2)14(15)19/h3-4,6-7H,5,8,10H2,1-2H3. The van der Waals surface area contributed by atoms with Crippen molar-refractivity contribution in [2.45, 2.75) is 25.2 Å². The van der Waals surface area contributed by atoms with E-state index in [1.165, 1.54) is 6.92 Å². The molecule has 1 heterocycles. The van der Waals surface area contributed by atoms with E-state index < -0.39 is 11.4 Å². The maximum absolute atomic E-state index is 12.6. The molecule has 2 rings (SSSR count). The van der Waals surface area contributed by atoms with Crippen molar-refractivity contribution in [1.82, 2.24) is 0 Å². The molecule has 104 valence electrons. The van der Waals surface area contributed by atoms with Gasteiger partial charge in [0.15, 0.2) is 0 Å². The number of nitriles is 1. The van der Waals surface area contributed by atoms with Gasteiger partial charge >= 0.3 is 5.97 Å². The van der Waals surface area contributed by atoms with Gasteiger partial charge in [-0.1, -0.05) is 18.2 Å². The Morgan fingerprint density at radius 2 is 2.15 bits per heavy atom. The van der Waals surface area contributed by atoms with Crippen molar-refractivity contribution < 1.29 is 14.3 Å². The second-order valence-corrected chi connectivity index (χ2v) is 4.90. The fraction of sp³-hybridized carbons (Fsp3) is 0.400. The number of anilines is 1. The van der Waals surface area contributed by atoms with E-state index >= 15 is 0 Å². The fourth-order valence-corrected chi connectivity index (χ4v) is 2.66. The number of amides is 1. The number of benzene rings is 1. The maximum atomic E-state index is 12.6. The summed E-state index contributed by atoms with van der Waals surface area (Å²) in [7, 11) is 1.70. The number of hydrogen-bond acceptors (Lipinski definition) is 4. The number of esters is 1. The number of fused-ring (bicyclic) bond motifs is 1. The summed E-state index contributed by atoms with van der Waals surface area (Å²) >= 11 is 0. The molecule has 1 aromatic carbocycles.